The summed E-state index contributed by atoms with van der Waals surface area (Å²) in [5.74, 6) is 0.120. The standard InChI is InChI=1S/C28H34N2O4/c1-28(2,3)34-27(32)30-14-12-25(23-10-11-24(13-15-31)29-17-23)26(18-30)33-19-20-8-9-21-6-4-5-7-22(21)16-20/h4-11,16-17,25-26,31H,12-15,18-19H2,1-3H3. The molecule has 1 aliphatic heterocycles. The molecule has 0 saturated carbocycles. The number of hydrogen-bond acceptors (Lipinski definition) is 5. The summed E-state index contributed by atoms with van der Waals surface area (Å²) in [6.07, 6.45) is 2.70. The van der Waals surface area contributed by atoms with Crippen molar-refractivity contribution in [2.45, 2.75) is 57.8 Å². The van der Waals surface area contributed by atoms with Crippen molar-refractivity contribution in [3.8, 4) is 0 Å². The van der Waals surface area contributed by atoms with Gasteiger partial charge in [0.2, 0.25) is 0 Å². The normalized spacial score (nSPS) is 18.8. The zero-order chi connectivity index (χ0) is 24.1. The van der Waals surface area contributed by atoms with Gasteiger partial charge in [-0.2, -0.15) is 0 Å². The van der Waals surface area contributed by atoms with E-state index in [0.29, 0.717) is 26.1 Å². The lowest BCUT2D eigenvalue weighted by molar-refractivity contribution is -0.0360. The minimum absolute atomic E-state index is 0.0815. The first-order chi connectivity index (χ1) is 16.3. The van der Waals surface area contributed by atoms with Crippen molar-refractivity contribution in [1.82, 2.24) is 9.88 Å². The van der Waals surface area contributed by atoms with Gasteiger partial charge in [-0.25, -0.2) is 4.79 Å². The van der Waals surface area contributed by atoms with Crippen LogP contribution in [0.25, 0.3) is 10.8 Å². The molecule has 0 spiro atoms. The number of carbonyl (C=O) groups is 1. The average molecular weight is 463 g/mol. The number of aliphatic hydroxyl groups is 1. The Bertz CT molecular complexity index is 1110. The number of amides is 1. The van der Waals surface area contributed by atoms with E-state index in [2.05, 4.69) is 41.4 Å². The van der Waals surface area contributed by atoms with Crippen molar-refractivity contribution < 1.29 is 19.4 Å². The van der Waals surface area contributed by atoms with Gasteiger partial charge in [-0.1, -0.05) is 42.5 Å². The Labute approximate surface area is 201 Å². The number of nitrogens with zero attached hydrogens (tertiary/aromatic N) is 2. The third-order valence-electron chi connectivity index (χ3n) is 6.13. The van der Waals surface area contributed by atoms with Gasteiger partial charge in [0.1, 0.15) is 5.60 Å². The number of carbonyl (C=O) groups excluding carboxylic acids is 1. The largest absolute Gasteiger partial charge is 0.444 e. The van der Waals surface area contributed by atoms with Crippen LogP contribution < -0.4 is 0 Å². The first-order valence-corrected chi connectivity index (χ1v) is 12.0. The zero-order valence-corrected chi connectivity index (χ0v) is 20.2. The van der Waals surface area contributed by atoms with Gasteiger partial charge in [-0.15, -0.1) is 0 Å². The van der Waals surface area contributed by atoms with Crippen LogP contribution in [0, 0.1) is 0 Å². The smallest absolute Gasteiger partial charge is 0.410 e. The van der Waals surface area contributed by atoms with Crippen LogP contribution >= 0.6 is 0 Å². The van der Waals surface area contributed by atoms with Gasteiger partial charge < -0.3 is 19.5 Å². The number of fused-ring (bicyclic) bond motifs is 1. The molecular weight excluding hydrogens is 428 g/mol. The van der Waals surface area contributed by atoms with Crippen LogP contribution in [-0.4, -0.2) is 52.5 Å². The summed E-state index contributed by atoms with van der Waals surface area (Å²) in [5.41, 5.74) is 2.52. The van der Waals surface area contributed by atoms with Crippen LogP contribution in [0.1, 0.15) is 49.9 Å². The Morgan fingerprint density at radius 2 is 1.91 bits per heavy atom. The summed E-state index contributed by atoms with van der Waals surface area (Å²) < 4.78 is 12.1. The Morgan fingerprint density at radius 3 is 2.62 bits per heavy atom. The molecule has 0 bridgehead atoms. The summed E-state index contributed by atoms with van der Waals surface area (Å²) in [7, 11) is 0. The molecule has 1 fully saturated rings. The van der Waals surface area contributed by atoms with E-state index in [9.17, 15) is 9.90 Å². The number of ether oxygens (including phenoxy) is 2. The number of aliphatic hydroxyl groups excluding tert-OH is 1. The molecule has 1 amide bonds. The van der Waals surface area contributed by atoms with Gasteiger partial charge in [0.05, 0.1) is 19.3 Å². The van der Waals surface area contributed by atoms with Gasteiger partial charge in [0.15, 0.2) is 0 Å². The Hall–Kier alpha value is -2.96. The van der Waals surface area contributed by atoms with Crippen LogP contribution in [-0.2, 0) is 22.5 Å². The number of pyridine rings is 1. The summed E-state index contributed by atoms with van der Waals surface area (Å²) in [4.78, 5) is 19.0. The third kappa shape index (κ3) is 6.13. The lowest BCUT2D eigenvalue weighted by Crippen LogP contribution is -2.48. The molecule has 6 heteroatoms. The number of aromatic nitrogens is 1. The van der Waals surface area contributed by atoms with Crippen LogP contribution in [0.4, 0.5) is 4.79 Å². The molecule has 180 valence electrons. The third-order valence-corrected chi connectivity index (χ3v) is 6.13. The fourth-order valence-electron chi connectivity index (χ4n) is 4.41. The van der Waals surface area contributed by atoms with Gasteiger partial charge in [-0.05, 0) is 61.2 Å². The van der Waals surface area contributed by atoms with E-state index in [0.717, 1.165) is 23.2 Å². The second kappa shape index (κ2) is 10.5. The molecule has 2 aromatic carbocycles. The fourth-order valence-corrected chi connectivity index (χ4v) is 4.41. The SMILES string of the molecule is CC(C)(C)OC(=O)N1CCC(c2ccc(CCO)nc2)C(OCc2ccc3ccccc3c2)C1. The first-order valence-electron chi connectivity index (χ1n) is 12.0. The molecule has 1 saturated heterocycles. The van der Waals surface area contributed by atoms with Crippen molar-refractivity contribution in [3.05, 3.63) is 77.6 Å². The topological polar surface area (TPSA) is 71.9 Å². The van der Waals surface area contributed by atoms with E-state index in [4.69, 9.17) is 9.47 Å². The number of likely N-dealkylation sites (tertiary alicyclic amines) is 1. The highest BCUT2D eigenvalue weighted by Gasteiger charge is 2.35. The molecule has 2 atom stereocenters. The number of piperidine rings is 1. The highest BCUT2D eigenvalue weighted by molar-refractivity contribution is 5.82. The maximum Gasteiger partial charge on any atom is 0.410 e. The predicted octanol–water partition coefficient (Wildman–Crippen LogP) is 5.08. The van der Waals surface area contributed by atoms with Gasteiger partial charge in [0.25, 0.3) is 0 Å². The quantitative estimate of drug-likeness (QED) is 0.553. The maximum absolute atomic E-state index is 12.8. The summed E-state index contributed by atoms with van der Waals surface area (Å²) >= 11 is 0. The van der Waals surface area contributed by atoms with Crippen molar-refractivity contribution in [1.29, 1.82) is 0 Å². The summed E-state index contributed by atoms with van der Waals surface area (Å²) in [6.45, 7) is 7.25. The molecule has 0 aliphatic carbocycles. The van der Waals surface area contributed by atoms with E-state index < -0.39 is 5.60 Å². The van der Waals surface area contributed by atoms with E-state index in [-0.39, 0.29) is 24.7 Å². The number of hydrogen-bond donors (Lipinski definition) is 1. The van der Waals surface area contributed by atoms with Gasteiger partial charge in [-0.3, -0.25) is 4.98 Å². The molecule has 2 heterocycles. The summed E-state index contributed by atoms with van der Waals surface area (Å²) in [5, 5.41) is 11.6. The molecule has 0 radical (unpaired) electrons. The highest BCUT2D eigenvalue weighted by Crippen LogP contribution is 2.32. The van der Waals surface area contributed by atoms with E-state index >= 15 is 0 Å². The molecular formula is C28H34N2O4. The first kappa shape index (κ1) is 24.2. The average Bonchev–Trinajstić information content (AvgIpc) is 2.82. The second-order valence-electron chi connectivity index (χ2n) is 9.91. The van der Waals surface area contributed by atoms with Crippen molar-refractivity contribution >= 4 is 16.9 Å². The Morgan fingerprint density at radius 1 is 1.12 bits per heavy atom. The lowest BCUT2D eigenvalue weighted by Gasteiger charge is -2.39. The lowest BCUT2D eigenvalue weighted by atomic mass is 9.87. The minimum Gasteiger partial charge on any atom is -0.444 e. The monoisotopic (exact) mass is 462 g/mol. The van der Waals surface area contributed by atoms with Gasteiger partial charge >= 0.3 is 6.09 Å². The van der Waals surface area contributed by atoms with Crippen molar-refractivity contribution in [2.24, 2.45) is 0 Å². The van der Waals surface area contributed by atoms with Crippen LogP contribution in [0.5, 0.6) is 0 Å². The molecule has 1 aliphatic rings. The molecule has 1 aromatic heterocycles. The van der Waals surface area contributed by atoms with E-state index in [1.165, 1.54) is 10.8 Å². The van der Waals surface area contributed by atoms with Crippen molar-refractivity contribution in [2.75, 3.05) is 19.7 Å². The van der Waals surface area contributed by atoms with Crippen molar-refractivity contribution in [3.63, 3.8) is 0 Å². The van der Waals surface area contributed by atoms with Crippen LogP contribution in [0.2, 0.25) is 0 Å². The van der Waals surface area contributed by atoms with Gasteiger partial charge in [0, 0.05) is 37.4 Å². The molecule has 1 N–H and O–H groups in total. The molecule has 2 unspecified atom stereocenters. The second-order valence-corrected chi connectivity index (χ2v) is 9.91. The van der Waals surface area contributed by atoms with E-state index in [1.54, 1.807) is 4.90 Å². The fraction of sp³-hybridized carbons (Fsp3) is 0.429. The van der Waals surface area contributed by atoms with Crippen LogP contribution in [0.15, 0.2) is 60.8 Å². The molecule has 34 heavy (non-hydrogen) atoms. The molecule has 3 aromatic rings. The number of benzene rings is 2. The Kier molecular flexibility index (Phi) is 7.49. The zero-order valence-electron chi connectivity index (χ0n) is 20.2. The maximum atomic E-state index is 12.8. The Balaban J connectivity index is 1.51. The summed E-state index contributed by atoms with van der Waals surface area (Å²) in [6, 6.07) is 18.7. The highest BCUT2D eigenvalue weighted by atomic mass is 16.6. The van der Waals surface area contributed by atoms with Crippen LogP contribution in [0.3, 0.4) is 0 Å². The minimum atomic E-state index is -0.540. The number of rotatable bonds is 6. The van der Waals surface area contributed by atoms with E-state index in [1.807, 2.05) is 45.2 Å². The molecule has 6 nitrogen and oxygen atoms in total. The molecule has 4 rings (SSSR count). The predicted molar refractivity (Wildman–Crippen MR) is 133 cm³/mol.